The molecule has 7 heteroatoms. The van der Waals surface area contributed by atoms with E-state index >= 15 is 0 Å². The Morgan fingerprint density at radius 2 is 1.88 bits per heavy atom. The molecule has 25 heavy (non-hydrogen) atoms. The molecule has 2 aliphatic rings. The van der Waals surface area contributed by atoms with Crippen molar-refractivity contribution in [2.45, 2.75) is 12.8 Å². The fourth-order valence-electron chi connectivity index (χ4n) is 3.65. The third-order valence-corrected chi connectivity index (χ3v) is 5.54. The Morgan fingerprint density at radius 3 is 2.64 bits per heavy atom. The number of rotatable bonds is 2. The molecule has 0 unspecified atom stereocenters. The quantitative estimate of drug-likeness (QED) is 0.769. The second-order valence-electron chi connectivity index (χ2n) is 6.56. The molecule has 2 aromatic rings. The van der Waals surface area contributed by atoms with Crippen LogP contribution in [0, 0.1) is 5.92 Å². The molecular weight excluding hydrogens is 384 g/mol. The number of piperidine rings is 1. The lowest BCUT2D eigenvalue weighted by Crippen LogP contribution is -2.47. The largest absolute Gasteiger partial charge is 0.378 e. The van der Waals surface area contributed by atoms with Gasteiger partial charge in [0.25, 0.3) is 0 Å². The summed E-state index contributed by atoms with van der Waals surface area (Å²) in [5, 5.41) is 1.05. The van der Waals surface area contributed by atoms with Crippen molar-refractivity contribution in [2.24, 2.45) is 5.92 Å². The van der Waals surface area contributed by atoms with Gasteiger partial charge < -0.3 is 14.5 Å². The number of aromatic nitrogens is 2. The van der Waals surface area contributed by atoms with Crippen molar-refractivity contribution in [2.75, 3.05) is 44.3 Å². The summed E-state index contributed by atoms with van der Waals surface area (Å²) in [6.07, 6.45) is 3.36. The van der Waals surface area contributed by atoms with Crippen LogP contribution in [0.15, 0.2) is 29.0 Å². The van der Waals surface area contributed by atoms with E-state index in [1.54, 1.807) is 6.33 Å². The number of ether oxygens (including phenoxy) is 1. The van der Waals surface area contributed by atoms with Crippen LogP contribution in [-0.4, -0.2) is 60.2 Å². The van der Waals surface area contributed by atoms with Gasteiger partial charge in [0.1, 0.15) is 12.1 Å². The molecule has 1 amide bonds. The molecule has 6 nitrogen and oxygen atoms in total. The smallest absolute Gasteiger partial charge is 0.225 e. The zero-order valence-electron chi connectivity index (χ0n) is 14.0. The summed E-state index contributed by atoms with van der Waals surface area (Å²) in [5.74, 6) is 1.37. The zero-order chi connectivity index (χ0) is 17.2. The highest BCUT2D eigenvalue weighted by molar-refractivity contribution is 9.10. The molecule has 0 radical (unpaired) electrons. The second-order valence-corrected chi connectivity index (χ2v) is 7.47. The summed E-state index contributed by atoms with van der Waals surface area (Å²) in [5.41, 5.74) is 0.944. The minimum absolute atomic E-state index is 0.120. The van der Waals surface area contributed by atoms with Gasteiger partial charge in [0.2, 0.25) is 5.91 Å². The average molecular weight is 405 g/mol. The van der Waals surface area contributed by atoms with E-state index in [-0.39, 0.29) is 5.92 Å². The minimum Gasteiger partial charge on any atom is -0.378 e. The molecule has 0 aliphatic carbocycles. The normalized spacial score (nSPS) is 19.4. The predicted octanol–water partition coefficient (Wildman–Crippen LogP) is 2.47. The van der Waals surface area contributed by atoms with Gasteiger partial charge in [0.05, 0.1) is 18.7 Å². The highest BCUT2D eigenvalue weighted by Gasteiger charge is 2.30. The van der Waals surface area contributed by atoms with Crippen LogP contribution in [0.3, 0.4) is 0 Å². The number of amides is 1. The van der Waals surface area contributed by atoms with E-state index in [1.165, 1.54) is 0 Å². The fourth-order valence-corrected chi connectivity index (χ4v) is 4.01. The maximum absolute atomic E-state index is 12.7. The lowest BCUT2D eigenvalue weighted by molar-refractivity contribution is -0.140. The highest BCUT2D eigenvalue weighted by atomic mass is 79.9. The van der Waals surface area contributed by atoms with E-state index in [4.69, 9.17) is 4.74 Å². The number of nitrogens with zero attached hydrogens (tertiary/aromatic N) is 4. The molecule has 4 rings (SSSR count). The predicted molar refractivity (Wildman–Crippen MR) is 99.6 cm³/mol. The van der Waals surface area contributed by atoms with E-state index in [9.17, 15) is 4.79 Å². The van der Waals surface area contributed by atoms with Gasteiger partial charge >= 0.3 is 0 Å². The van der Waals surface area contributed by atoms with E-state index in [0.29, 0.717) is 19.1 Å². The van der Waals surface area contributed by atoms with Crippen molar-refractivity contribution in [3.63, 3.8) is 0 Å². The van der Waals surface area contributed by atoms with Crippen LogP contribution in [0.2, 0.25) is 0 Å². The van der Waals surface area contributed by atoms with Crippen molar-refractivity contribution < 1.29 is 9.53 Å². The number of hydrogen-bond donors (Lipinski definition) is 0. The number of carbonyl (C=O) groups excluding carboxylic acids is 1. The van der Waals surface area contributed by atoms with Gasteiger partial charge in [-0.05, 0) is 31.0 Å². The van der Waals surface area contributed by atoms with Crippen LogP contribution in [0.1, 0.15) is 12.8 Å². The molecule has 3 heterocycles. The monoisotopic (exact) mass is 404 g/mol. The first-order valence-electron chi connectivity index (χ1n) is 8.74. The molecule has 2 saturated heterocycles. The summed E-state index contributed by atoms with van der Waals surface area (Å²) in [6, 6.07) is 6.06. The number of morpholine rings is 1. The zero-order valence-corrected chi connectivity index (χ0v) is 15.6. The van der Waals surface area contributed by atoms with Crippen molar-refractivity contribution in [3.8, 4) is 0 Å². The molecule has 1 aromatic carbocycles. The first-order chi connectivity index (χ1) is 12.2. The molecule has 132 valence electrons. The molecule has 0 spiro atoms. The van der Waals surface area contributed by atoms with Gasteiger partial charge in [-0.2, -0.15) is 0 Å². The number of carbonyl (C=O) groups is 1. The fraction of sp³-hybridized carbons (Fsp3) is 0.500. The molecular formula is C18H21BrN4O2. The average Bonchev–Trinajstić information content (AvgIpc) is 2.68. The second kappa shape index (κ2) is 7.25. The van der Waals surface area contributed by atoms with Gasteiger partial charge in [-0.25, -0.2) is 9.97 Å². The Balaban J connectivity index is 1.47. The summed E-state index contributed by atoms with van der Waals surface area (Å²) in [4.78, 5) is 25.8. The standard InChI is InChI=1S/C18H21BrN4O2/c19-14-1-2-16-15(11-14)17(21-12-20-16)22-5-3-13(4-6-22)18(24)23-7-9-25-10-8-23/h1-2,11-13H,3-10H2. The Bertz CT molecular complexity index is 771. The van der Waals surface area contributed by atoms with Crippen LogP contribution in [0.4, 0.5) is 5.82 Å². The first-order valence-corrected chi connectivity index (χ1v) is 9.53. The third kappa shape index (κ3) is 3.48. The third-order valence-electron chi connectivity index (χ3n) is 5.04. The Labute approximate surface area is 155 Å². The van der Waals surface area contributed by atoms with Crippen LogP contribution in [-0.2, 0) is 9.53 Å². The maximum atomic E-state index is 12.7. The Morgan fingerprint density at radius 1 is 1.12 bits per heavy atom. The molecule has 2 fully saturated rings. The number of halogens is 1. The van der Waals surface area contributed by atoms with Gasteiger partial charge in [0, 0.05) is 42.0 Å². The molecule has 1 aromatic heterocycles. The Hall–Kier alpha value is -1.73. The van der Waals surface area contributed by atoms with Crippen molar-refractivity contribution in [1.82, 2.24) is 14.9 Å². The topological polar surface area (TPSA) is 58.6 Å². The Kier molecular flexibility index (Phi) is 4.85. The number of hydrogen-bond acceptors (Lipinski definition) is 5. The van der Waals surface area contributed by atoms with E-state index in [0.717, 1.165) is 60.2 Å². The molecule has 0 bridgehead atoms. The van der Waals surface area contributed by atoms with Crippen molar-refractivity contribution >= 4 is 38.6 Å². The van der Waals surface area contributed by atoms with Crippen LogP contribution >= 0.6 is 15.9 Å². The SMILES string of the molecule is O=C(C1CCN(c2ncnc3ccc(Br)cc23)CC1)N1CCOCC1. The maximum Gasteiger partial charge on any atom is 0.225 e. The summed E-state index contributed by atoms with van der Waals surface area (Å²) >= 11 is 3.53. The van der Waals surface area contributed by atoms with Crippen LogP contribution < -0.4 is 4.90 Å². The van der Waals surface area contributed by atoms with Gasteiger partial charge in [-0.15, -0.1) is 0 Å². The van der Waals surface area contributed by atoms with Gasteiger partial charge in [-0.1, -0.05) is 15.9 Å². The van der Waals surface area contributed by atoms with Crippen LogP contribution in [0.25, 0.3) is 10.9 Å². The molecule has 0 N–H and O–H groups in total. The summed E-state index contributed by atoms with van der Waals surface area (Å²) in [6.45, 7) is 4.46. The summed E-state index contributed by atoms with van der Waals surface area (Å²) < 4.78 is 6.36. The van der Waals surface area contributed by atoms with Crippen molar-refractivity contribution in [3.05, 3.63) is 29.0 Å². The van der Waals surface area contributed by atoms with E-state index in [1.807, 2.05) is 17.0 Å². The molecule has 0 atom stereocenters. The number of benzene rings is 1. The number of fused-ring (bicyclic) bond motifs is 1. The van der Waals surface area contributed by atoms with Gasteiger partial charge in [-0.3, -0.25) is 4.79 Å². The lowest BCUT2D eigenvalue weighted by atomic mass is 9.95. The van der Waals surface area contributed by atoms with Gasteiger partial charge in [0.15, 0.2) is 0 Å². The molecule has 0 saturated carbocycles. The van der Waals surface area contributed by atoms with E-state index < -0.39 is 0 Å². The van der Waals surface area contributed by atoms with Crippen molar-refractivity contribution in [1.29, 1.82) is 0 Å². The van der Waals surface area contributed by atoms with Crippen LogP contribution in [0.5, 0.6) is 0 Å². The number of anilines is 1. The minimum atomic E-state index is 0.120. The van der Waals surface area contributed by atoms with E-state index in [2.05, 4.69) is 36.9 Å². The molecule has 2 aliphatic heterocycles. The first kappa shape index (κ1) is 16.7. The highest BCUT2D eigenvalue weighted by Crippen LogP contribution is 2.29. The summed E-state index contributed by atoms with van der Waals surface area (Å²) in [7, 11) is 0. The lowest BCUT2D eigenvalue weighted by Gasteiger charge is -2.36.